The van der Waals surface area contributed by atoms with Crippen molar-refractivity contribution in [1.29, 1.82) is 0 Å². The van der Waals surface area contributed by atoms with Crippen molar-refractivity contribution in [3.63, 3.8) is 0 Å². The molecule has 0 saturated heterocycles. The van der Waals surface area contributed by atoms with Crippen molar-refractivity contribution in [2.75, 3.05) is 14.2 Å². The van der Waals surface area contributed by atoms with Crippen LogP contribution in [0.4, 0.5) is 0 Å². The zero-order chi connectivity index (χ0) is 17.0. The largest absolute Gasteiger partial charge is 0.507 e. The van der Waals surface area contributed by atoms with Crippen molar-refractivity contribution in [2.24, 2.45) is 0 Å². The second-order valence-corrected chi connectivity index (χ2v) is 4.67. The molecule has 0 aliphatic carbocycles. The summed E-state index contributed by atoms with van der Waals surface area (Å²) < 4.78 is 9.87. The van der Waals surface area contributed by atoms with E-state index in [1.54, 1.807) is 12.1 Å². The number of rotatable bonds is 5. The standard InChI is InChI=1S/C17H16O6/c1-22-11-8-14(20)17(15(21)9-11)13(19)6-4-10-3-5-12(18)16(7-10)23-2/h3-9,18,20-21H,1-2H3/b6-4+. The number of carbonyl (C=O) groups excluding carboxylic acids is 1. The molecule has 6 nitrogen and oxygen atoms in total. The van der Waals surface area contributed by atoms with Gasteiger partial charge in [0.15, 0.2) is 17.3 Å². The van der Waals surface area contributed by atoms with Crippen molar-refractivity contribution >= 4 is 11.9 Å². The third-order valence-electron chi connectivity index (χ3n) is 3.18. The number of allylic oxidation sites excluding steroid dienone is 1. The van der Waals surface area contributed by atoms with Crippen molar-refractivity contribution in [2.45, 2.75) is 0 Å². The Morgan fingerprint density at radius 2 is 1.61 bits per heavy atom. The number of ether oxygens (including phenoxy) is 2. The molecule has 0 atom stereocenters. The van der Waals surface area contributed by atoms with E-state index in [0.29, 0.717) is 5.56 Å². The van der Waals surface area contributed by atoms with Gasteiger partial charge < -0.3 is 24.8 Å². The second-order valence-electron chi connectivity index (χ2n) is 4.67. The summed E-state index contributed by atoms with van der Waals surface area (Å²) in [6, 6.07) is 7.06. The van der Waals surface area contributed by atoms with Gasteiger partial charge in [-0.1, -0.05) is 12.1 Å². The van der Waals surface area contributed by atoms with E-state index in [0.717, 1.165) is 0 Å². The molecule has 0 bridgehead atoms. The van der Waals surface area contributed by atoms with E-state index in [-0.39, 0.29) is 34.3 Å². The summed E-state index contributed by atoms with van der Waals surface area (Å²) in [7, 11) is 2.80. The summed E-state index contributed by atoms with van der Waals surface area (Å²) in [5.74, 6) is -0.825. The molecule has 0 aliphatic heterocycles. The van der Waals surface area contributed by atoms with Gasteiger partial charge in [0.05, 0.1) is 14.2 Å². The smallest absolute Gasteiger partial charge is 0.193 e. The Hall–Kier alpha value is -3.15. The van der Waals surface area contributed by atoms with Gasteiger partial charge in [0.1, 0.15) is 22.8 Å². The fourth-order valence-electron chi connectivity index (χ4n) is 2.01. The molecule has 0 saturated carbocycles. The lowest BCUT2D eigenvalue weighted by molar-refractivity contribution is 0.104. The van der Waals surface area contributed by atoms with Gasteiger partial charge in [0.25, 0.3) is 0 Å². The number of phenolic OH excluding ortho intramolecular Hbond substituents is 3. The number of benzene rings is 2. The van der Waals surface area contributed by atoms with Gasteiger partial charge >= 0.3 is 0 Å². The number of aromatic hydroxyl groups is 3. The first kappa shape index (κ1) is 16.2. The molecule has 23 heavy (non-hydrogen) atoms. The Kier molecular flexibility index (Phi) is 4.75. The maximum absolute atomic E-state index is 12.2. The highest BCUT2D eigenvalue weighted by atomic mass is 16.5. The summed E-state index contributed by atoms with van der Waals surface area (Å²) in [6.45, 7) is 0. The van der Waals surface area contributed by atoms with Crippen LogP contribution < -0.4 is 9.47 Å². The fourth-order valence-corrected chi connectivity index (χ4v) is 2.01. The minimum Gasteiger partial charge on any atom is -0.507 e. The summed E-state index contributed by atoms with van der Waals surface area (Å²) in [5, 5.41) is 29.2. The topological polar surface area (TPSA) is 96.2 Å². The molecule has 0 aliphatic rings. The lowest BCUT2D eigenvalue weighted by Gasteiger charge is -2.07. The molecule has 0 radical (unpaired) electrons. The highest BCUT2D eigenvalue weighted by molar-refractivity contribution is 6.10. The highest BCUT2D eigenvalue weighted by Crippen LogP contribution is 2.33. The predicted octanol–water partition coefficient (Wildman–Crippen LogP) is 2.72. The van der Waals surface area contributed by atoms with Gasteiger partial charge in [-0.05, 0) is 23.8 Å². The van der Waals surface area contributed by atoms with E-state index in [1.165, 1.54) is 44.6 Å². The molecule has 2 aromatic rings. The Balaban J connectivity index is 2.29. The molecular weight excluding hydrogens is 300 g/mol. The number of ketones is 1. The third kappa shape index (κ3) is 3.55. The number of hydrogen-bond acceptors (Lipinski definition) is 6. The molecule has 0 amide bonds. The predicted molar refractivity (Wildman–Crippen MR) is 84.3 cm³/mol. The van der Waals surface area contributed by atoms with Gasteiger partial charge in [-0.2, -0.15) is 0 Å². The maximum Gasteiger partial charge on any atom is 0.193 e. The normalized spacial score (nSPS) is 10.7. The molecule has 2 rings (SSSR count). The zero-order valence-corrected chi connectivity index (χ0v) is 12.6. The minimum absolute atomic E-state index is 0.0126. The van der Waals surface area contributed by atoms with Gasteiger partial charge in [0.2, 0.25) is 0 Å². The van der Waals surface area contributed by atoms with Crippen LogP contribution in [0.25, 0.3) is 6.08 Å². The van der Waals surface area contributed by atoms with Crippen LogP contribution in [-0.2, 0) is 0 Å². The van der Waals surface area contributed by atoms with E-state index in [2.05, 4.69) is 0 Å². The van der Waals surface area contributed by atoms with Crippen LogP contribution in [0.2, 0.25) is 0 Å². The third-order valence-corrected chi connectivity index (χ3v) is 3.18. The monoisotopic (exact) mass is 316 g/mol. The van der Waals surface area contributed by atoms with Gasteiger partial charge in [-0.25, -0.2) is 0 Å². The van der Waals surface area contributed by atoms with Crippen molar-refractivity contribution in [3.8, 4) is 28.7 Å². The van der Waals surface area contributed by atoms with E-state index in [1.807, 2.05) is 0 Å². The van der Waals surface area contributed by atoms with Gasteiger partial charge in [-0.3, -0.25) is 4.79 Å². The molecule has 0 aromatic heterocycles. The highest BCUT2D eigenvalue weighted by Gasteiger charge is 2.16. The summed E-state index contributed by atoms with van der Waals surface area (Å²) >= 11 is 0. The molecule has 6 heteroatoms. The Morgan fingerprint density at radius 3 is 2.17 bits per heavy atom. The first-order valence-electron chi connectivity index (χ1n) is 6.65. The molecule has 0 heterocycles. The Morgan fingerprint density at radius 1 is 0.957 bits per heavy atom. The van der Waals surface area contributed by atoms with Crippen LogP contribution in [0.5, 0.6) is 28.7 Å². The van der Waals surface area contributed by atoms with Crippen molar-refractivity contribution < 1.29 is 29.6 Å². The SMILES string of the molecule is COc1cc(O)c(C(=O)/C=C/c2ccc(O)c(OC)c2)c(O)c1. The number of phenols is 3. The average molecular weight is 316 g/mol. The summed E-state index contributed by atoms with van der Waals surface area (Å²) in [4.78, 5) is 12.2. The Labute approximate surface area is 132 Å². The van der Waals surface area contributed by atoms with Crippen LogP contribution in [0, 0.1) is 0 Å². The summed E-state index contributed by atoms with van der Waals surface area (Å²) in [6.07, 6.45) is 2.68. The molecule has 0 fully saturated rings. The molecule has 0 spiro atoms. The van der Waals surface area contributed by atoms with E-state index in [9.17, 15) is 20.1 Å². The number of methoxy groups -OCH3 is 2. The molecular formula is C17H16O6. The zero-order valence-electron chi connectivity index (χ0n) is 12.6. The van der Waals surface area contributed by atoms with E-state index in [4.69, 9.17) is 9.47 Å². The van der Waals surface area contributed by atoms with Crippen molar-refractivity contribution in [3.05, 3.63) is 47.5 Å². The fraction of sp³-hybridized carbons (Fsp3) is 0.118. The van der Waals surface area contributed by atoms with Crippen LogP contribution in [-0.4, -0.2) is 35.3 Å². The van der Waals surface area contributed by atoms with Crippen LogP contribution in [0.1, 0.15) is 15.9 Å². The second kappa shape index (κ2) is 6.74. The number of carbonyl (C=O) groups is 1. The van der Waals surface area contributed by atoms with Gasteiger partial charge in [-0.15, -0.1) is 0 Å². The first-order valence-corrected chi connectivity index (χ1v) is 6.65. The quantitative estimate of drug-likeness (QED) is 0.580. The Bertz CT molecular complexity index is 741. The molecule has 2 aromatic carbocycles. The molecule has 120 valence electrons. The van der Waals surface area contributed by atoms with Crippen LogP contribution in [0.15, 0.2) is 36.4 Å². The lowest BCUT2D eigenvalue weighted by Crippen LogP contribution is -1.97. The van der Waals surface area contributed by atoms with Crippen LogP contribution >= 0.6 is 0 Å². The molecule has 0 unspecified atom stereocenters. The summed E-state index contributed by atoms with van der Waals surface area (Å²) in [5.41, 5.74) is 0.397. The number of hydrogen-bond donors (Lipinski definition) is 3. The minimum atomic E-state index is -0.574. The molecule has 3 N–H and O–H groups in total. The maximum atomic E-state index is 12.2. The average Bonchev–Trinajstić information content (AvgIpc) is 2.53. The van der Waals surface area contributed by atoms with Crippen molar-refractivity contribution in [1.82, 2.24) is 0 Å². The van der Waals surface area contributed by atoms with Crippen LogP contribution in [0.3, 0.4) is 0 Å². The lowest BCUT2D eigenvalue weighted by atomic mass is 10.1. The first-order chi connectivity index (χ1) is 11.0. The van der Waals surface area contributed by atoms with E-state index < -0.39 is 5.78 Å². The van der Waals surface area contributed by atoms with E-state index >= 15 is 0 Å². The van der Waals surface area contributed by atoms with Gasteiger partial charge in [0, 0.05) is 12.1 Å².